The Morgan fingerprint density at radius 2 is 2.04 bits per heavy atom. The molecule has 1 N–H and O–H groups in total. The second kappa shape index (κ2) is 8.88. The molecule has 0 radical (unpaired) electrons. The molecule has 3 saturated heterocycles. The van der Waals surface area contributed by atoms with E-state index >= 15 is 0 Å². The van der Waals surface area contributed by atoms with Gasteiger partial charge in [-0.05, 0) is 46.6 Å². The molecule has 27 heavy (non-hydrogen) atoms. The Morgan fingerprint density at radius 3 is 2.74 bits per heavy atom. The predicted octanol–water partition coefficient (Wildman–Crippen LogP) is 0.686. The molecule has 0 aliphatic carbocycles. The molecule has 0 bridgehead atoms. The van der Waals surface area contributed by atoms with E-state index in [4.69, 9.17) is 4.74 Å². The van der Waals surface area contributed by atoms with Gasteiger partial charge in [0.1, 0.15) is 6.04 Å². The van der Waals surface area contributed by atoms with Crippen molar-refractivity contribution in [1.29, 1.82) is 0 Å². The fraction of sp³-hybridized carbons (Fsp3) is 0.900. The number of hydrogen-bond acceptors (Lipinski definition) is 5. The molecule has 7 heteroatoms. The van der Waals surface area contributed by atoms with Crippen molar-refractivity contribution in [2.45, 2.75) is 76.2 Å². The summed E-state index contributed by atoms with van der Waals surface area (Å²) in [6.07, 6.45) is 4.44. The normalized spacial score (nSPS) is 32.6. The molecule has 3 aliphatic heterocycles. The number of amides is 2. The van der Waals surface area contributed by atoms with E-state index < -0.39 is 0 Å². The van der Waals surface area contributed by atoms with Gasteiger partial charge in [0.15, 0.2) is 0 Å². The first kappa shape index (κ1) is 20.6. The molecule has 0 unspecified atom stereocenters. The summed E-state index contributed by atoms with van der Waals surface area (Å²) in [5.41, 5.74) is 0. The first-order valence-electron chi connectivity index (χ1n) is 10.5. The maximum atomic E-state index is 12.8. The fourth-order valence-corrected chi connectivity index (χ4v) is 5.14. The van der Waals surface area contributed by atoms with Gasteiger partial charge in [-0.15, -0.1) is 0 Å². The molecule has 7 nitrogen and oxygen atoms in total. The Labute approximate surface area is 163 Å². The van der Waals surface area contributed by atoms with Crippen LogP contribution in [-0.2, 0) is 14.3 Å². The van der Waals surface area contributed by atoms with Crippen molar-refractivity contribution in [3.8, 4) is 0 Å². The molecule has 3 rings (SSSR count). The molecular weight excluding hydrogens is 344 g/mol. The highest BCUT2D eigenvalue weighted by molar-refractivity contribution is 5.83. The van der Waals surface area contributed by atoms with Crippen LogP contribution in [0.1, 0.15) is 46.0 Å². The third kappa shape index (κ3) is 4.30. The molecule has 0 spiro atoms. The number of nitrogens with zero attached hydrogens (tertiary/aromatic N) is 3. The lowest BCUT2D eigenvalue weighted by atomic mass is 10.0. The fourth-order valence-electron chi connectivity index (χ4n) is 5.14. The van der Waals surface area contributed by atoms with Gasteiger partial charge in [-0.3, -0.25) is 19.4 Å². The zero-order chi connectivity index (χ0) is 19.6. The summed E-state index contributed by atoms with van der Waals surface area (Å²) in [6.45, 7) is 7.37. The van der Waals surface area contributed by atoms with E-state index in [0.717, 1.165) is 38.8 Å². The van der Waals surface area contributed by atoms with E-state index in [-0.39, 0.29) is 36.0 Å². The highest BCUT2D eigenvalue weighted by Crippen LogP contribution is 2.29. The van der Waals surface area contributed by atoms with Crippen LogP contribution in [0.15, 0.2) is 0 Å². The minimum atomic E-state index is -0.0691. The lowest BCUT2D eigenvalue weighted by Crippen LogP contribution is -2.51. The number of methoxy groups -OCH3 is 1. The number of ether oxygens (including phenoxy) is 1. The van der Waals surface area contributed by atoms with Gasteiger partial charge in [0.2, 0.25) is 11.8 Å². The molecule has 0 aromatic heterocycles. The Kier molecular flexibility index (Phi) is 6.76. The number of fused-ring (bicyclic) bond motifs is 1. The Hall–Kier alpha value is -1.18. The summed E-state index contributed by atoms with van der Waals surface area (Å²) >= 11 is 0. The largest absolute Gasteiger partial charge is 0.383 e. The van der Waals surface area contributed by atoms with Crippen LogP contribution in [0.3, 0.4) is 0 Å². The average Bonchev–Trinajstić information content (AvgIpc) is 3.25. The molecule has 3 fully saturated rings. The van der Waals surface area contributed by atoms with Crippen LogP contribution in [0.2, 0.25) is 0 Å². The number of hydrogen-bond donors (Lipinski definition) is 1. The highest BCUT2D eigenvalue weighted by atomic mass is 16.5. The van der Waals surface area contributed by atoms with E-state index in [1.807, 2.05) is 4.90 Å². The third-order valence-corrected chi connectivity index (χ3v) is 6.70. The van der Waals surface area contributed by atoms with Gasteiger partial charge >= 0.3 is 0 Å². The third-order valence-electron chi connectivity index (χ3n) is 6.70. The number of carbonyl (C=O) groups is 2. The summed E-state index contributed by atoms with van der Waals surface area (Å²) < 4.78 is 5.27. The van der Waals surface area contributed by atoms with Gasteiger partial charge in [0.05, 0.1) is 12.6 Å². The number of nitrogens with one attached hydrogen (secondary N) is 1. The first-order chi connectivity index (χ1) is 12.9. The Balaban J connectivity index is 1.59. The molecule has 3 aliphatic rings. The Morgan fingerprint density at radius 1 is 1.26 bits per heavy atom. The highest BCUT2D eigenvalue weighted by Gasteiger charge is 2.45. The second-order valence-electron chi connectivity index (χ2n) is 8.57. The van der Waals surface area contributed by atoms with Gasteiger partial charge in [-0.1, -0.05) is 0 Å². The van der Waals surface area contributed by atoms with Crippen molar-refractivity contribution in [2.24, 2.45) is 0 Å². The summed E-state index contributed by atoms with van der Waals surface area (Å²) in [4.78, 5) is 32.1. The van der Waals surface area contributed by atoms with Gasteiger partial charge in [0, 0.05) is 51.3 Å². The number of carbonyl (C=O) groups excluding carboxylic acids is 2. The van der Waals surface area contributed by atoms with Crippen LogP contribution < -0.4 is 5.32 Å². The maximum absolute atomic E-state index is 12.8. The van der Waals surface area contributed by atoms with Crippen LogP contribution in [0.4, 0.5) is 0 Å². The zero-order valence-corrected chi connectivity index (χ0v) is 17.3. The van der Waals surface area contributed by atoms with Gasteiger partial charge in [-0.2, -0.15) is 0 Å². The minimum Gasteiger partial charge on any atom is -0.383 e. The molecule has 0 aromatic carbocycles. The van der Waals surface area contributed by atoms with Crippen LogP contribution in [0.25, 0.3) is 0 Å². The van der Waals surface area contributed by atoms with E-state index in [0.29, 0.717) is 25.6 Å². The van der Waals surface area contributed by atoms with Crippen LogP contribution in [0, 0.1) is 0 Å². The minimum absolute atomic E-state index is 0.0691. The summed E-state index contributed by atoms with van der Waals surface area (Å²) in [6, 6.07) is 0.977. The molecule has 4 atom stereocenters. The number of likely N-dealkylation sites (N-methyl/N-ethyl adjacent to an activating group) is 1. The Bertz CT molecular complexity index is 541. The van der Waals surface area contributed by atoms with Crippen molar-refractivity contribution >= 4 is 11.8 Å². The molecule has 0 saturated carbocycles. The monoisotopic (exact) mass is 380 g/mol. The molecule has 3 heterocycles. The predicted molar refractivity (Wildman–Crippen MR) is 104 cm³/mol. The average molecular weight is 381 g/mol. The lowest BCUT2D eigenvalue weighted by molar-refractivity contribution is -0.133. The van der Waals surface area contributed by atoms with E-state index in [9.17, 15) is 9.59 Å². The molecule has 0 aromatic rings. The molecule has 2 amide bonds. The van der Waals surface area contributed by atoms with Gasteiger partial charge in [-0.25, -0.2) is 0 Å². The summed E-state index contributed by atoms with van der Waals surface area (Å²) in [5.74, 6) is 0.372. The maximum Gasteiger partial charge on any atom is 0.239 e. The van der Waals surface area contributed by atoms with E-state index in [2.05, 4.69) is 36.0 Å². The van der Waals surface area contributed by atoms with Crippen molar-refractivity contribution in [3.63, 3.8) is 0 Å². The first-order valence-corrected chi connectivity index (χ1v) is 10.5. The standard InChI is InChI=1S/C20H36N4O3/c1-14(2)23-11-9-17-19(23)20(26)21-12-15(22(17)3)7-8-18(25)24-10-5-6-16(24)13-27-4/h14-17,19H,5-13H2,1-4H3,(H,21,26)/t15-,16+,17+,19-/m0/s1. The zero-order valence-electron chi connectivity index (χ0n) is 17.3. The quantitative estimate of drug-likeness (QED) is 0.734. The number of rotatable bonds is 6. The summed E-state index contributed by atoms with van der Waals surface area (Å²) in [7, 11) is 3.82. The SMILES string of the molecule is COC[C@H]1CCCN1C(=O)CC[C@H]1CNC(=O)[C@@H]2[C@@H](CCN2C(C)C)N1C. The van der Waals surface area contributed by atoms with Gasteiger partial charge < -0.3 is 15.0 Å². The van der Waals surface area contributed by atoms with Crippen molar-refractivity contribution in [1.82, 2.24) is 20.0 Å². The lowest BCUT2D eigenvalue weighted by Gasteiger charge is -2.34. The second-order valence-corrected chi connectivity index (χ2v) is 8.57. The van der Waals surface area contributed by atoms with Crippen LogP contribution in [0.5, 0.6) is 0 Å². The molecule has 154 valence electrons. The number of likely N-dealkylation sites (tertiary alicyclic amines) is 2. The van der Waals surface area contributed by atoms with E-state index in [1.165, 1.54) is 0 Å². The van der Waals surface area contributed by atoms with Crippen molar-refractivity contribution in [3.05, 3.63) is 0 Å². The van der Waals surface area contributed by atoms with Crippen LogP contribution >= 0.6 is 0 Å². The van der Waals surface area contributed by atoms with E-state index in [1.54, 1.807) is 7.11 Å². The van der Waals surface area contributed by atoms with Crippen molar-refractivity contribution < 1.29 is 14.3 Å². The topological polar surface area (TPSA) is 65.1 Å². The smallest absolute Gasteiger partial charge is 0.239 e. The summed E-state index contributed by atoms with van der Waals surface area (Å²) in [5, 5.41) is 3.14. The van der Waals surface area contributed by atoms with Crippen molar-refractivity contribution in [2.75, 3.05) is 40.4 Å². The van der Waals surface area contributed by atoms with Crippen LogP contribution in [-0.4, -0.2) is 97.1 Å². The van der Waals surface area contributed by atoms with Gasteiger partial charge in [0.25, 0.3) is 0 Å². The molecular formula is C20H36N4O3.